The molecule has 0 bridgehead atoms. The first-order valence-corrected chi connectivity index (χ1v) is 13.7. The van der Waals surface area contributed by atoms with Crippen molar-refractivity contribution in [3.8, 4) is 0 Å². The molecule has 1 aromatic rings. The second kappa shape index (κ2) is 12.8. The number of hydrogen-bond acceptors (Lipinski definition) is 6. The number of thioether (sulfide) groups is 1. The number of thiazole rings is 1. The number of ether oxygens (including phenoxy) is 1. The molecule has 0 spiro atoms. The molecule has 2 saturated carbocycles. The van der Waals surface area contributed by atoms with Crippen LogP contribution in [0.4, 0.5) is 9.93 Å². The number of hydrogen-bond donors (Lipinski definition) is 2. The molecule has 7 nitrogen and oxygen atoms in total. The van der Waals surface area contributed by atoms with Crippen LogP contribution in [0.3, 0.4) is 0 Å². The summed E-state index contributed by atoms with van der Waals surface area (Å²) in [6.45, 7) is 5.16. The fraction of sp³-hybridized carbons (Fsp3) is 0.783. The number of aromatic nitrogens is 1. The molecule has 2 amide bonds. The molecular formula is C23H37N3O4S2. The van der Waals surface area contributed by atoms with E-state index in [1.54, 1.807) is 6.20 Å². The van der Waals surface area contributed by atoms with Gasteiger partial charge >= 0.3 is 12.0 Å². The van der Waals surface area contributed by atoms with Gasteiger partial charge in [-0.05, 0) is 44.4 Å². The predicted molar refractivity (Wildman–Crippen MR) is 130 cm³/mol. The molecule has 0 atom stereocenters. The minimum absolute atomic E-state index is 0.0418. The molecule has 0 unspecified atom stereocenters. The number of amides is 2. The zero-order valence-electron chi connectivity index (χ0n) is 19.3. The van der Waals surface area contributed by atoms with Gasteiger partial charge in [-0.3, -0.25) is 10.1 Å². The van der Waals surface area contributed by atoms with Crippen LogP contribution in [0.1, 0.15) is 78.1 Å². The lowest BCUT2D eigenvalue weighted by Gasteiger charge is -2.42. The lowest BCUT2D eigenvalue weighted by atomic mass is 9.87. The summed E-state index contributed by atoms with van der Waals surface area (Å²) in [7, 11) is 0. The van der Waals surface area contributed by atoms with Crippen molar-refractivity contribution in [1.29, 1.82) is 0 Å². The number of carboxylic acids is 1. The van der Waals surface area contributed by atoms with Crippen LogP contribution in [0.2, 0.25) is 0 Å². The molecule has 2 aliphatic carbocycles. The molecule has 2 aliphatic rings. The summed E-state index contributed by atoms with van der Waals surface area (Å²) in [6.07, 6.45) is 11.9. The van der Waals surface area contributed by atoms with Gasteiger partial charge in [-0.15, -0.1) is 11.8 Å². The Morgan fingerprint density at radius 1 is 1.19 bits per heavy atom. The summed E-state index contributed by atoms with van der Waals surface area (Å²) in [5.41, 5.74) is 0. The Morgan fingerprint density at radius 2 is 1.88 bits per heavy atom. The highest BCUT2D eigenvalue weighted by Crippen LogP contribution is 2.33. The van der Waals surface area contributed by atoms with E-state index in [2.05, 4.69) is 29.0 Å². The molecule has 32 heavy (non-hydrogen) atoms. The van der Waals surface area contributed by atoms with Crippen LogP contribution in [-0.4, -0.2) is 57.5 Å². The molecule has 9 heteroatoms. The van der Waals surface area contributed by atoms with E-state index in [0.29, 0.717) is 28.9 Å². The zero-order valence-corrected chi connectivity index (χ0v) is 20.9. The second-order valence-corrected chi connectivity index (χ2v) is 11.7. The molecular weight excluding hydrogens is 446 g/mol. The maximum Gasteiger partial charge on any atom is 0.324 e. The molecule has 0 aromatic carbocycles. The van der Waals surface area contributed by atoms with Gasteiger partial charge in [0, 0.05) is 24.4 Å². The van der Waals surface area contributed by atoms with Gasteiger partial charge in [0.2, 0.25) is 0 Å². The Hall–Kier alpha value is -1.32. The third-order valence-corrected chi connectivity index (χ3v) is 8.27. The number of nitrogens with zero attached hydrogens (tertiary/aromatic N) is 2. The Bertz CT molecular complexity index is 729. The Morgan fingerprint density at radius 3 is 2.53 bits per heavy atom. The molecule has 180 valence electrons. The van der Waals surface area contributed by atoms with Crippen molar-refractivity contribution >= 4 is 40.2 Å². The highest BCUT2D eigenvalue weighted by Gasteiger charge is 2.35. The SMILES string of the molecule is CC(C)CO[C@H]1CC[C@H](N(C(=O)Nc2ncc(SCCC(=O)O)s2)C2CCCCC2)CC1. The van der Waals surface area contributed by atoms with E-state index < -0.39 is 5.97 Å². The minimum Gasteiger partial charge on any atom is -0.481 e. The molecule has 1 aromatic heterocycles. The summed E-state index contributed by atoms with van der Waals surface area (Å²) >= 11 is 2.88. The van der Waals surface area contributed by atoms with Crippen LogP contribution in [0.25, 0.3) is 0 Å². The van der Waals surface area contributed by atoms with E-state index in [1.807, 2.05) is 0 Å². The number of aliphatic carboxylic acids is 1. The number of nitrogens with one attached hydrogen (secondary N) is 1. The molecule has 0 radical (unpaired) electrons. The molecule has 3 rings (SSSR count). The van der Waals surface area contributed by atoms with Gasteiger partial charge in [0.25, 0.3) is 0 Å². The third-order valence-electron chi connectivity index (χ3n) is 6.16. The maximum atomic E-state index is 13.4. The van der Waals surface area contributed by atoms with Crippen LogP contribution < -0.4 is 5.32 Å². The van der Waals surface area contributed by atoms with E-state index in [0.717, 1.165) is 49.3 Å². The molecule has 1 heterocycles. The first-order chi connectivity index (χ1) is 15.4. The summed E-state index contributed by atoms with van der Waals surface area (Å²) in [5.74, 6) is 0.243. The van der Waals surface area contributed by atoms with E-state index in [1.165, 1.54) is 42.4 Å². The second-order valence-electron chi connectivity index (χ2n) is 9.26. The number of urea groups is 1. The van der Waals surface area contributed by atoms with Gasteiger partial charge in [-0.1, -0.05) is 44.4 Å². The first-order valence-electron chi connectivity index (χ1n) is 11.9. The van der Waals surface area contributed by atoms with Gasteiger partial charge in [-0.25, -0.2) is 9.78 Å². The van der Waals surface area contributed by atoms with Crippen LogP contribution in [-0.2, 0) is 9.53 Å². The first kappa shape index (κ1) is 25.3. The standard InChI is InChI=1S/C23H37N3O4S2/c1-16(2)15-30-19-10-8-18(9-11-19)26(17-6-4-3-5-7-17)23(29)25-22-24-14-21(32-22)31-13-12-20(27)28/h14,16-19H,3-13,15H2,1-2H3,(H,27,28)(H,24,25,29)/t18-,19-. The van der Waals surface area contributed by atoms with E-state index in [9.17, 15) is 9.59 Å². The van der Waals surface area contributed by atoms with Crippen LogP contribution in [0.15, 0.2) is 10.4 Å². The number of rotatable bonds is 10. The van der Waals surface area contributed by atoms with Crippen LogP contribution in [0.5, 0.6) is 0 Å². The van der Waals surface area contributed by atoms with Crippen molar-refractivity contribution < 1.29 is 19.4 Å². The van der Waals surface area contributed by atoms with Crippen molar-refractivity contribution in [3.63, 3.8) is 0 Å². The molecule has 0 saturated heterocycles. The number of carbonyl (C=O) groups is 2. The van der Waals surface area contributed by atoms with Crippen molar-refractivity contribution in [1.82, 2.24) is 9.88 Å². The molecule has 2 N–H and O–H groups in total. The summed E-state index contributed by atoms with van der Waals surface area (Å²) < 4.78 is 6.98. The highest BCUT2D eigenvalue weighted by molar-refractivity contribution is 8.01. The van der Waals surface area contributed by atoms with Gasteiger partial charge in [0.05, 0.1) is 22.9 Å². The quantitative estimate of drug-likeness (QED) is 0.405. The van der Waals surface area contributed by atoms with Crippen molar-refractivity contribution in [2.45, 2.75) is 100 Å². The van der Waals surface area contributed by atoms with E-state index >= 15 is 0 Å². The zero-order chi connectivity index (χ0) is 22.9. The largest absolute Gasteiger partial charge is 0.481 e. The average molecular weight is 484 g/mol. The van der Waals surface area contributed by atoms with Gasteiger partial charge in [0.15, 0.2) is 5.13 Å². The van der Waals surface area contributed by atoms with Gasteiger partial charge in [0.1, 0.15) is 0 Å². The van der Waals surface area contributed by atoms with Gasteiger partial charge < -0.3 is 14.7 Å². The number of carboxylic acid groups (broad SMARTS) is 1. The van der Waals surface area contributed by atoms with Gasteiger partial charge in [-0.2, -0.15) is 0 Å². The molecule has 2 fully saturated rings. The predicted octanol–water partition coefficient (Wildman–Crippen LogP) is 5.86. The Kier molecular flexibility index (Phi) is 10.1. The van der Waals surface area contributed by atoms with Crippen LogP contribution >= 0.6 is 23.1 Å². The average Bonchev–Trinajstić information content (AvgIpc) is 3.21. The topological polar surface area (TPSA) is 91.8 Å². The lowest BCUT2D eigenvalue weighted by Crippen LogP contribution is -2.51. The number of carbonyl (C=O) groups excluding carboxylic acids is 1. The van der Waals surface area contributed by atoms with Crippen molar-refractivity contribution in [2.24, 2.45) is 5.92 Å². The monoisotopic (exact) mass is 483 g/mol. The molecule has 0 aliphatic heterocycles. The Labute approximate surface area is 199 Å². The third kappa shape index (κ3) is 7.92. The lowest BCUT2D eigenvalue weighted by molar-refractivity contribution is -0.136. The fourth-order valence-corrected chi connectivity index (χ4v) is 6.45. The summed E-state index contributed by atoms with van der Waals surface area (Å²) in [4.78, 5) is 30.6. The highest BCUT2D eigenvalue weighted by atomic mass is 32.2. The van der Waals surface area contributed by atoms with Crippen LogP contribution in [0, 0.1) is 5.92 Å². The smallest absolute Gasteiger partial charge is 0.324 e. The van der Waals surface area contributed by atoms with E-state index in [-0.39, 0.29) is 18.5 Å². The maximum absolute atomic E-state index is 13.4. The Balaban J connectivity index is 1.58. The normalized spacial score (nSPS) is 22.1. The van der Waals surface area contributed by atoms with E-state index in [4.69, 9.17) is 9.84 Å². The summed E-state index contributed by atoms with van der Waals surface area (Å²) in [5, 5.41) is 12.4. The fourth-order valence-electron chi connectivity index (χ4n) is 4.59. The van der Waals surface area contributed by atoms with Crippen molar-refractivity contribution in [2.75, 3.05) is 17.7 Å². The summed E-state index contributed by atoms with van der Waals surface area (Å²) in [6, 6.07) is 0.507. The van der Waals surface area contributed by atoms with Crippen molar-refractivity contribution in [3.05, 3.63) is 6.20 Å². The number of anilines is 1. The minimum atomic E-state index is -0.803.